The van der Waals surface area contributed by atoms with E-state index >= 15 is 0 Å². The molecule has 9 heteroatoms. The van der Waals surface area contributed by atoms with Crippen molar-refractivity contribution in [1.82, 2.24) is 10.6 Å². The Morgan fingerprint density at radius 1 is 1.26 bits per heavy atom. The number of cyclic esters (lactones) is 1. The van der Waals surface area contributed by atoms with E-state index in [9.17, 15) is 19.5 Å². The van der Waals surface area contributed by atoms with Crippen LogP contribution in [0.3, 0.4) is 0 Å². The quantitative estimate of drug-likeness (QED) is 0.128. The van der Waals surface area contributed by atoms with Gasteiger partial charge in [-0.05, 0) is 50.5 Å². The first-order chi connectivity index (χ1) is 20.2. The molecule has 0 aromatic rings. The third-order valence-corrected chi connectivity index (χ3v) is 6.35. The lowest BCUT2D eigenvalue weighted by Crippen LogP contribution is -2.52. The minimum absolute atomic E-state index is 0.0211. The van der Waals surface area contributed by atoms with Crippen molar-refractivity contribution in [2.24, 2.45) is 11.3 Å². The standard InChI is InChI=1S/C32H45ClN2O6.C2H6/c1-22(21-23(2)26-18-19-27(40-7)31(39)41-26)13-10-8-9-11-15-28(37)35-29(32(4,5)6)30(38)34-20-12-14-25(36)17-16-24(3)33;1-2/h10,12-13,16,19-21,23,25-26,29,36H,11,14-15,17-18H2,1-7H3,(H,34,38)(H,35,37);1-2H3/b13-10-,20-12-,22-21+,24-16+;/t23-,25?,26?,29?;/m0./s1. The number of carbonyl (C=O) groups excluding carboxylic acids is 3. The Kier molecular flexibility index (Phi) is 19.8. The smallest absolute Gasteiger partial charge is 0.373 e. The van der Waals surface area contributed by atoms with Gasteiger partial charge in [0.15, 0.2) is 5.76 Å². The summed E-state index contributed by atoms with van der Waals surface area (Å²) in [5.74, 6) is 5.09. The number of aliphatic hydroxyl groups excluding tert-OH is 1. The Bertz CT molecular complexity index is 1110. The third kappa shape index (κ3) is 17.4. The van der Waals surface area contributed by atoms with E-state index in [0.29, 0.717) is 30.7 Å². The molecular formula is C34H51ClN2O6. The van der Waals surface area contributed by atoms with Crippen LogP contribution in [0.5, 0.6) is 0 Å². The van der Waals surface area contributed by atoms with E-state index in [1.807, 2.05) is 60.6 Å². The van der Waals surface area contributed by atoms with Gasteiger partial charge in [0.25, 0.3) is 0 Å². The van der Waals surface area contributed by atoms with Gasteiger partial charge >= 0.3 is 5.97 Å². The summed E-state index contributed by atoms with van der Waals surface area (Å²) < 4.78 is 10.4. The van der Waals surface area contributed by atoms with Gasteiger partial charge in [-0.25, -0.2) is 4.79 Å². The zero-order valence-electron chi connectivity index (χ0n) is 27.3. The fourth-order valence-electron chi connectivity index (χ4n) is 3.85. The second-order valence-electron chi connectivity index (χ2n) is 11.1. The van der Waals surface area contributed by atoms with Crippen LogP contribution in [0.4, 0.5) is 0 Å². The van der Waals surface area contributed by atoms with E-state index < -0.39 is 23.5 Å². The number of hydrogen-bond donors (Lipinski definition) is 3. The molecule has 2 amide bonds. The summed E-state index contributed by atoms with van der Waals surface area (Å²) in [4.78, 5) is 37.1. The molecule has 4 atom stereocenters. The molecule has 1 heterocycles. The lowest BCUT2D eigenvalue weighted by molar-refractivity contribution is -0.151. The van der Waals surface area contributed by atoms with Gasteiger partial charge in [-0.2, -0.15) is 0 Å². The molecule has 3 unspecified atom stereocenters. The highest BCUT2D eigenvalue weighted by Crippen LogP contribution is 2.23. The number of methoxy groups -OCH3 is 1. The molecule has 1 aliphatic rings. The molecule has 1 aliphatic heterocycles. The number of allylic oxidation sites excluding steroid dienone is 4. The van der Waals surface area contributed by atoms with Gasteiger partial charge in [0.2, 0.25) is 11.8 Å². The number of rotatable bonds is 13. The van der Waals surface area contributed by atoms with Crippen molar-refractivity contribution in [3.05, 3.63) is 59.0 Å². The summed E-state index contributed by atoms with van der Waals surface area (Å²) in [5, 5.41) is 16.0. The first-order valence-electron chi connectivity index (χ1n) is 14.8. The summed E-state index contributed by atoms with van der Waals surface area (Å²) >= 11 is 5.77. The maximum Gasteiger partial charge on any atom is 0.373 e. The van der Waals surface area contributed by atoms with Crippen molar-refractivity contribution in [3.8, 4) is 11.8 Å². The Hall–Kier alpha value is -3.28. The maximum atomic E-state index is 12.7. The van der Waals surface area contributed by atoms with Gasteiger partial charge in [0, 0.05) is 30.2 Å². The minimum atomic E-state index is -0.742. The number of nitrogens with one attached hydrogen (secondary N) is 2. The van der Waals surface area contributed by atoms with Crippen LogP contribution in [0.1, 0.15) is 87.5 Å². The SMILES string of the molecule is CC.COC1=CCC([C@@H](C)/C=C(C)/C=C\C#CCCC(=O)NC(C(=O)N/C=C\CC(O)C/C=C(\C)Cl)C(C)(C)C)OC1=O. The molecular weight excluding hydrogens is 568 g/mol. The Labute approximate surface area is 263 Å². The zero-order valence-corrected chi connectivity index (χ0v) is 28.0. The van der Waals surface area contributed by atoms with Crippen LogP contribution < -0.4 is 10.6 Å². The van der Waals surface area contributed by atoms with Crippen LogP contribution in [0.15, 0.2) is 59.0 Å². The van der Waals surface area contributed by atoms with Gasteiger partial charge in [0.05, 0.1) is 13.2 Å². The van der Waals surface area contributed by atoms with Gasteiger partial charge in [-0.3, -0.25) is 9.59 Å². The highest BCUT2D eigenvalue weighted by atomic mass is 35.5. The lowest BCUT2D eigenvalue weighted by Gasteiger charge is -2.29. The number of hydrogen-bond acceptors (Lipinski definition) is 6. The molecule has 0 spiro atoms. The van der Waals surface area contributed by atoms with Crippen molar-refractivity contribution >= 4 is 29.4 Å². The number of halogens is 1. The molecule has 0 radical (unpaired) electrons. The van der Waals surface area contributed by atoms with Gasteiger partial charge in [0.1, 0.15) is 12.1 Å². The molecule has 0 aromatic heterocycles. The fraction of sp³-hybridized carbons (Fsp3) is 0.559. The highest BCUT2D eigenvalue weighted by molar-refractivity contribution is 6.29. The molecule has 8 nitrogen and oxygen atoms in total. The Balaban J connectivity index is 0.00000862. The first-order valence-corrected chi connectivity index (χ1v) is 15.2. The van der Waals surface area contributed by atoms with Crippen molar-refractivity contribution in [2.45, 2.75) is 106 Å². The summed E-state index contributed by atoms with van der Waals surface area (Å²) in [6, 6.07) is -0.742. The molecule has 240 valence electrons. The van der Waals surface area contributed by atoms with E-state index in [0.717, 1.165) is 5.57 Å². The number of ether oxygens (including phenoxy) is 2. The number of amides is 2. The molecule has 1 rings (SSSR count). The predicted octanol–water partition coefficient (Wildman–Crippen LogP) is 6.23. The summed E-state index contributed by atoms with van der Waals surface area (Å²) in [6.07, 6.45) is 13.3. The van der Waals surface area contributed by atoms with E-state index in [1.54, 1.807) is 31.2 Å². The van der Waals surface area contributed by atoms with Crippen LogP contribution >= 0.6 is 11.6 Å². The molecule has 43 heavy (non-hydrogen) atoms. The molecule has 0 aliphatic carbocycles. The normalized spacial score (nSPS) is 17.9. The van der Waals surface area contributed by atoms with E-state index in [-0.39, 0.29) is 36.0 Å². The van der Waals surface area contributed by atoms with E-state index in [4.69, 9.17) is 21.1 Å². The van der Waals surface area contributed by atoms with E-state index in [1.165, 1.54) is 13.3 Å². The molecule has 0 saturated heterocycles. The highest BCUT2D eigenvalue weighted by Gasteiger charge is 2.32. The van der Waals surface area contributed by atoms with Crippen LogP contribution in [0.2, 0.25) is 0 Å². The summed E-state index contributed by atoms with van der Waals surface area (Å²) in [7, 11) is 1.45. The zero-order chi connectivity index (χ0) is 33.0. The largest absolute Gasteiger partial charge is 0.490 e. The Morgan fingerprint density at radius 3 is 2.51 bits per heavy atom. The Morgan fingerprint density at radius 2 is 1.93 bits per heavy atom. The summed E-state index contributed by atoms with van der Waals surface area (Å²) in [5.41, 5.74) is 0.468. The van der Waals surface area contributed by atoms with Crippen LogP contribution in [-0.4, -0.2) is 48.2 Å². The number of esters is 1. The van der Waals surface area contributed by atoms with Crippen molar-refractivity contribution in [3.63, 3.8) is 0 Å². The molecule has 0 bridgehead atoms. The second kappa shape index (κ2) is 21.4. The van der Waals surface area contributed by atoms with Crippen LogP contribution in [-0.2, 0) is 23.9 Å². The van der Waals surface area contributed by atoms with Crippen LogP contribution in [0, 0.1) is 23.2 Å². The van der Waals surface area contributed by atoms with Gasteiger partial charge in [-0.15, -0.1) is 0 Å². The molecule has 0 fully saturated rings. The first kappa shape index (κ1) is 39.7. The van der Waals surface area contributed by atoms with Crippen molar-refractivity contribution < 1.29 is 29.0 Å². The van der Waals surface area contributed by atoms with Crippen LogP contribution in [0.25, 0.3) is 0 Å². The average Bonchev–Trinajstić information content (AvgIpc) is 2.94. The third-order valence-electron chi connectivity index (χ3n) is 6.19. The van der Waals surface area contributed by atoms with E-state index in [2.05, 4.69) is 22.5 Å². The fourth-order valence-corrected chi connectivity index (χ4v) is 3.94. The average molecular weight is 619 g/mol. The summed E-state index contributed by atoms with van der Waals surface area (Å²) in [6.45, 7) is 15.3. The molecule has 3 N–H and O–H groups in total. The number of carbonyl (C=O) groups is 3. The van der Waals surface area contributed by atoms with Crippen molar-refractivity contribution in [1.29, 1.82) is 0 Å². The number of aliphatic hydroxyl groups is 1. The monoisotopic (exact) mass is 618 g/mol. The minimum Gasteiger partial charge on any atom is -0.490 e. The molecule has 0 saturated carbocycles. The van der Waals surface area contributed by atoms with Gasteiger partial charge in [-0.1, -0.05) is 94.9 Å². The second-order valence-corrected chi connectivity index (χ2v) is 11.7. The topological polar surface area (TPSA) is 114 Å². The maximum absolute atomic E-state index is 12.7. The molecule has 0 aromatic carbocycles. The van der Waals surface area contributed by atoms with Crippen molar-refractivity contribution in [2.75, 3.05) is 7.11 Å². The lowest BCUT2D eigenvalue weighted by atomic mass is 9.86. The van der Waals surface area contributed by atoms with Gasteiger partial charge < -0.3 is 25.2 Å². The predicted molar refractivity (Wildman–Crippen MR) is 174 cm³/mol.